The summed E-state index contributed by atoms with van der Waals surface area (Å²) in [4.78, 5) is 0.243. The van der Waals surface area contributed by atoms with Gasteiger partial charge in [0.25, 0.3) is 0 Å². The maximum Gasteiger partial charge on any atom is 0.160 e. The molecule has 0 amide bonds. The summed E-state index contributed by atoms with van der Waals surface area (Å²) in [7, 11) is -1.46. The molecule has 0 heterocycles. The molecular weight excluding hydrogens is 280 g/mol. The molecule has 1 atom stereocenters. The Morgan fingerprint density at radius 1 is 1.15 bits per heavy atom. The molecule has 0 saturated carbocycles. The molecule has 5 heteroatoms. The molecule has 2 rings (SSSR count). The van der Waals surface area contributed by atoms with Crippen molar-refractivity contribution in [2.75, 3.05) is 0 Å². The second kappa shape index (κ2) is 5.93. The summed E-state index contributed by atoms with van der Waals surface area (Å²) in [6.07, 6.45) is 0. The fourth-order valence-electron chi connectivity index (χ4n) is 1.77. The Hall–Kier alpha value is -2.06. The maximum absolute atomic E-state index is 13.1. The van der Waals surface area contributed by atoms with Gasteiger partial charge in [0, 0.05) is 4.90 Å². The summed E-state index contributed by atoms with van der Waals surface area (Å²) in [5.74, 6) is -1.77. The van der Waals surface area contributed by atoms with Crippen molar-refractivity contribution in [3.05, 3.63) is 64.7 Å². The SMILES string of the molecule is Cc1cc(C#N)ccc1CS(=O)c1ccc(F)c(F)c1. The highest BCUT2D eigenvalue weighted by atomic mass is 32.2. The van der Waals surface area contributed by atoms with Crippen molar-refractivity contribution < 1.29 is 13.0 Å². The van der Waals surface area contributed by atoms with E-state index in [9.17, 15) is 13.0 Å². The van der Waals surface area contributed by atoms with Crippen LogP contribution in [0.15, 0.2) is 41.3 Å². The molecule has 2 aromatic rings. The Kier molecular flexibility index (Phi) is 4.26. The molecule has 102 valence electrons. The van der Waals surface area contributed by atoms with Crippen molar-refractivity contribution in [3.8, 4) is 6.07 Å². The first-order valence-electron chi connectivity index (χ1n) is 5.84. The molecule has 1 unspecified atom stereocenters. The number of nitriles is 1. The van der Waals surface area contributed by atoms with Crippen LogP contribution < -0.4 is 0 Å². The van der Waals surface area contributed by atoms with Gasteiger partial charge in [-0.25, -0.2) is 8.78 Å². The van der Waals surface area contributed by atoms with E-state index in [1.807, 2.05) is 13.0 Å². The minimum Gasteiger partial charge on any atom is -0.254 e. The lowest BCUT2D eigenvalue weighted by atomic mass is 10.1. The smallest absolute Gasteiger partial charge is 0.160 e. The fourth-order valence-corrected chi connectivity index (χ4v) is 3.00. The molecule has 0 aromatic heterocycles. The molecular formula is C15H11F2NOS. The zero-order valence-corrected chi connectivity index (χ0v) is 11.5. The summed E-state index contributed by atoms with van der Waals surface area (Å²) in [6.45, 7) is 1.82. The molecule has 0 fully saturated rings. The highest BCUT2D eigenvalue weighted by Crippen LogP contribution is 2.18. The lowest BCUT2D eigenvalue weighted by Gasteiger charge is -2.07. The zero-order chi connectivity index (χ0) is 14.7. The molecule has 0 aliphatic rings. The first kappa shape index (κ1) is 14.4. The Bertz CT molecular complexity index is 722. The minimum absolute atomic E-state index is 0.197. The van der Waals surface area contributed by atoms with E-state index in [0.717, 1.165) is 23.3 Å². The van der Waals surface area contributed by atoms with E-state index in [4.69, 9.17) is 5.26 Å². The number of rotatable bonds is 3. The molecule has 0 aliphatic heterocycles. The number of hydrogen-bond acceptors (Lipinski definition) is 2. The maximum atomic E-state index is 13.1. The van der Waals surface area contributed by atoms with Crippen LogP contribution in [-0.2, 0) is 16.6 Å². The van der Waals surface area contributed by atoms with E-state index in [1.165, 1.54) is 6.07 Å². The molecule has 0 radical (unpaired) electrons. The van der Waals surface area contributed by atoms with Gasteiger partial charge in [0.15, 0.2) is 11.6 Å². The molecule has 0 spiro atoms. The zero-order valence-electron chi connectivity index (χ0n) is 10.7. The van der Waals surface area contributed by atoms with E-state index < -0.39 is 22.4 Å². The van der Waals surface area contributed by atoms with Crippen LogP contribution in [-0.4, -0.2) is 4.21 Å². The Balaban J connectivity index is 2.23. The molecule has 0 bridgehead atoms. The van der Waals surface area contributed by atoms with Crippen LogP contribution in [0.1, 0.15) is 16.7 Å². The largest absolute Gasteiger partial charge is 0.254 e. The predicted molar refractivity (Wildman–Crippen MR) is 72.4 cm³/mol. The Labute approximate surface area is 118 Å². The van der Waals surface area contributed by atoms with Crippen molar-refractivity contribution >= 4 is 10.8 Å². The van der Waals surface area contributed by atoms with Crippen LogP contribution in [0.2, 0.25) is 0 Å². The summed E-state index contributed by atoms with van der Waals surface area (Å²) in [6, 6.07) is 10.3. The number of nitrogens with zero attached hydrogens (tertiary/aromatic N) is 1. The average Bonchev–Trinajstić information content (AvgIpc) is 2.43. The van der Waals surface area contributed by atoms with Gasteiger partial charge in [-0.1, -0.05) is 6.07 Å². The first-order chi connectivity index (χ1) is 9.51. The van der Waals surface area contributed by atoms with Crippen molar-refractivity contribution in [2.45, 2.75) is 17.6 Å². The Morgan fingerprint density at radius 3 is 2.50 bits per heavy atom. The van der Waals surface area contributed by atoms with E-state index >= 15 is 0 Å². The standard InChI is InChI=1S/C15H11F2NOS/c1-10-6-11(8-18)2-3-12(10)9-20(19)13-4-5-14(16)15(17)7-13/h2-7H,9H2,1H3. The van der Waals surface area contributed by atoms with Crippen molar-refractivity contribution in [1.82, 2.24) is 0 Å². The normalized spacial score (nSPS) is 11.9. The van der Waals surface area contributed by atoms with E-state index in [1.54, 1.807) is 18.2 Å². The van der Waals surface area contributed by atoms with Gasteiger partial charge in [-0.3, -0.25) is 4.21 Å². The van der Waals surface area contributed by atoms with Gasteiger partial charge in [-0.15, -0.1) is 0 Å². The van der Waals surface area contributed by atoms with Crippen LogP contribution in [0.5, 0.6) is 0 Å². The quantitative estimate of drug-likeness (QED) is 0.869. The van der Waals surface area contributed by atoms with E-state index in [-0.39, 0.29) is 10.6 Å². The molecule has 2 nitrogen and oxygen atoms in total. The Morgan fingerprint density at radius 2 is 1.90 bits per heavy atom. The van der Waals surface area contributed by atoms with Crippen LogP contribution in [0.25, 0.3) is 0 Å². The summed E-state index contributed by atoms with van der Waals surface area (Å²) >= 11 is 0. The van der Waals surface area contributed by atoms with Gasteiger partial charge >= 0.3 is 0 Å². The van der Waals surface area contributed by atoms with Gasteiger partial charge in [0.2, 0.25) is 0 Å². The van der Waals surface area contributed by atoms with Crippen LogP contribution in [0.3, 0.4) is 0 Å². The van der Waals surface area contributed by atoms with Crippen molar-refractivity contribution in [1.29, 1.82) is 5.26 Å². The fraction of sp³-hybridized carbons (Fsp3) is 0.133. The second-order valence-corrected chi connectivity index (χ2v) is 5.77. The second-order valence-electron chi connectivity index (χ2n) is 4.32. The molecule has 20 heavy (non-hydrogen) atoms. The minimum atomic E-state index is -1.46. The van der Waals surface area contributed by atoms with Gasteiger partial charge in [0.05, 0.1) is 28.2 Å². The third-order valence-electron chi connectivity index (χ3n) is 2.91. The van der Waals surface area contributed by atoms with Crippen LogP contribution in [0.4, 0.5) is 8.78 Å². The van der Waals surface area contributed by atoms with Crippen molar-refractivity contribution in [3.63, 3.8) is 0 Å². The molecule has 0 aliphatic carbocycles. The summed E-state index contributed by atoms with van der Waals surface area (Å²) < 4.78 is 38.1. The van der Waals surface area contributed by atoms with Crippen LogP contribution >= 0.6 is 0 Å². The van der Waals surface area contributed by atoms with Gasteiger partial charge in [-0.2, -0.15) is 5.26 Å². The third kappa shape index (κ3) is 3.09. The van der Waals surface area contributed by atoms with E-state index in [0.29, 0.717) is 5.56 Å². The van der Waals surface area contributed by atoms with E-state index in [2.05, 4.69) is 0 Å². The van der Waals surface area contributed by atoms with Gasteiger partial charge in [-0.05, 0) is 48.4 Å². The predicted octanol–water partition coefficient (Wildman–Crippen LogP) is 3.45. The lowest BCUT2D eigenvalue weighted by Crippen LogP contribution is -2.00. The average molecular weight is 291 g/mol. The third-order valence-corrected chi connectivity index (χ3v) is 4.27. The topological polar surface area (TPSA) is 40.9 Å². The monoisotopic (exact) mass is 291 g/mol. The molecule has 0 saturated heterocycles. The summed E-state index contributed by atoms with van der Waals surface area (Å²) in [5, 5.41) is 8.78. The number of aryl methyl sites for hydroxylation is 1. The van der Waals surface area contributed by atoms with Gasteiger partial charge < -0.3 is 0 Å². The molecule has 2 aromatic carbocycles. The number of benzene rings is 2. The van der Waals surface area contributed by atoms with Gasteiger partial charge in [0.1, 0.15) is 0 Å². The highest BCUT2D eigenvalue weighted by molar-refractivity contribution is 7.84. The molecule has 0 N–H and O–H groups in total. The van der Waals surface area contributed by atoms with Crippen molar-refractivity contribution in [2.24, 2.45) is 0 Å². The highest BCUT2D eigenvalue weighted by Gasteiger charge is 2.10. The number of hydrogen-bond donors (Lipinski definition) is 0. The van der Waals surface area contributed by atoms with Crippen LogP contribution in [0, 0.1) is 29.9 Å². The first-order valence-corrected chi connectivity index (χ1v) is 7.16. The number of halogens is 2. The summed E-state index contributed by atoms with van der Waals surface area (Å²) in [5.41, 5.74) is 2.19. The lowest BCUT2D eigenvalue weighted by molar-refractivity contribution is 0.505.